The first-order valence-electron chi connectivity index (χ1n) is 21.4. The monoisotopic (exact) mass is 1010 g/mol. The van der Waals surface area contributed by atoms with Crippen molar-refractivity contribution in [2.45, 2.75) is 40.6 Å². The van der Waals surface area contributed by atoms with Crippen molar-refractivity contribution in [3.8, 4) is 5.75 Å². The minimum Gasteiger partial charge on any atom is -0.452 e. The Morgan fingerprint density at radius 1 is 0.775 bits per heavy atom. The number of methoxy groups -OCH3 is 1. The predicted octanol–water partition coefficient (Wildman–Crippen LogP) is 6.56. The molecule has 1 saturated heterocycles. The number of amides is 4. The Labute approximate surface area is 411 Å². The summed E-state index contributed by atoms with van der Waals surface area (Å²) in [6.07, 6.45) is -9.07. The number of imide groups is 1. The Bertz CT molecular complexity index is 2870. The third kappa shape index (κ3) is 10.8. The van der Waals surface area contributed by atoms with Crippen molar-refractivity contribution in [2.24, 2.45) is 7.05 Å². The molecule has 0 bridgehead atoms. The molecule has 1 unspecified atom stereocenters. The third-order valence-corrected chi connectivity index (χ3v) is 13.6. The lowest BCUT2D eigenvalue weighted by molar-refractivity contribution is -0.194. The van der Waals surface area contributed by atoms with Gasteiger partial charge in [-0.2, -0.15) is 13.2 Å². The van der Waals surface area contributed by atoms with E-state index in [4.69, 9.17) is 18.9 Å². The Morgan fingerprint density at radius 3 is 1.77 bits per heavy atom. The molecule has 2 aliphatic rings. The van der Waals surface area contributed by atoms with Crippen LogP contribution in [0.1, 0.15) is 45.9 Å². The largest absolute Gasteiger partial charge is 0.471 e. The van der Waals surface area contributed by atoms with Gasteiger partial charge in [0, 0.05) is 25.7 Å². The number of tetrazole rings is 1. The highest BCUT2D eigenvalue weighted by molar-refractivity contribution is 8.01. The van der Waals surface area contributed by atoms with Crippen LogP contribution in [-0.4, -0.2) is 96.8 Å². The van der Waals surface area contributed by atoms with Crippen molar-refractivity contribution < 1.29 is 60.9 Å². The van der Waals surface area contributed by atoms with Crippen LogP contribution in [0.3, 0.4) is 0 Å². The van der Waals surface area contributed by atoms with Crippen molar-refractivity contribution in [3.63, 3.8) is 0 Å². The molecule has 5 aromatic carbocycles. The molecular formula is C49H40F3N7O10S2. The SMILES string of the molecule is CO[C@@]1(NC(=O)C(C(=O)OC(c2ccccc2)c2ccccc2)c2ccc(OC(=O)NC(=O)C(F)(F)F)cc2)C(=O)N2C(C(=O)OC(c3ccccc3)c3ccccc3)=C(CSc3nnnn3C)CS[C@H]21. The van der Waals surface area contributed by atoms with Gasteiger partial charge >= 0.3 is 30.1 Å². The number of rotatable bonds is 16. The average Bonchev–Trinajstić information content (AvgIpc) is 3.80. The van der Waals surface area contributed by atoms with Crippen LogP contribution in [0.25, 0.3) is 0 Å². The number of fused-ring (bicyclic) bond motifs is 1. The van der Waals surface area contributed by atoms with Gasteiger partial charge in [0.2, 0.25) is 11.1 Å². The summed E-state index contributed by atoms with van der Waals surface area (Å²) in [6.45, 7) is 0. The Kier molecular flexibility index (Phi) is 15.0. The highest BCUT2D eigenvalue weighted by Crippen LogP contribution is 2.48. The number of aryl methyl sites for hydroxylation is 1. The fourth-order valence-electron chi connectivity index (χ4n) is 7.73. The van der Waals surface area contributed by atoms with Gasteiger partial charge in [0.1, 0.15) is 16.8 Å². The molecule has 8 rings (SSSR count). The maximum absolute atomic E-state index is 14.9. The number of nitrogens with one attached hydrogen (secondary N) is 2. The number of alkyl halides is 3. The number of hydrogen-bond acceptors (Lipinski definition) is 15. The van der Waals surface area contributed by atoms with E-state index in [9.17, 15) is 41.9 Å². The lowest BCUT2D eigenvalue weighted by Gasteiger charge is -2.56. The van der Waals surface area contributed by atoms with E-state index in [0.717, 1.165) is 17.4 Å². The molecule has 2 N–H and O–H groups in total. The maximum Gasteiger partial charge on any atom is 0.471 e. The topological polar surface area (TPSA) is 210 Å². The molecule has 71 heavy (non-hydrogen) atoms. The smallest absolute Gasteiger partial charge is 0.452 e. The van der Waals surface area contributed by atoms with Crippen molar-refractivity contribution in [1.29, 1.82) is 0 Å². The number of nitrogens with zero attached hydrogens (tertiary/aromatic N) is 5. The number of halogens is 3. The van der Waals surface area contributed by atoms with E-state index in [-0.39, 0.29) is 28.5 Å². The summed E-state index contributed by atoms with van der Waals surface area (Å²) in [6, 6.07) is 39.9. The first-order valence-corrected chi connectivity index (χ1v) is 23.4. The normalized spacial score (nSPS) is 16.9. The summed E-state index contributed by atoms with van der Waals surface area (Å²) in [5.41, 5.74) is 0.536. The Balaban J connectivity index is 1.12. The van der Waals surface area contributed by atoms with Crippen LogP contribution in [-0.2, 0) is 45.2 Å². The molecule has 6 aromatic rings. The van der Waals surface area contributed by atoms with Gasteiger partial charge in [-0.05, 0) is 55.9 Å². The molecule has 4 amide bonds. The van der Waals surface area contributed by atoms with Crippen LogP contribution in [0.4, 0.5) is 18.0 Å². The molecule has 3 heterocycles. The van der Waals surface area contributed by atoms with Crippen LogP contribution >= 0.6 is 23.5 Å². The number of benzene rings is 5. The zero-order valence-corrected chi connectivity index (χ0v) is 39.0. The summed E-state index contributed by atoms with van der Waals surface area (Å²) in [5.74, 6) is -8.46. The molecule has 1 fully saturated rings. The molecule has 0 spiro atoms. The molecule has 1 aromatic heterocycles. The van der Waals surface area contributed by atoms with Crippen LogP contribution in [0.2, 0.25) is 0 Å². The fraction of sp³-hybridized carbons (Fsp3) is 0.204. The van der Waals surface area contributed by atoms with E-state index in [1.807, 2.05) is 12.1 Å². The summed E-state index contributed by atoms with van der Waals surface area (Å²) < 4.78 is 63.0. The first-order chi connectivity index (χ1) is 34.2. The summed E-state index contributed by atoms with van der Waals surface area (Å²) >= 11 is 2.39. The highest BCUT2D eigenvalue weighted by Gasteiger charge is 2.67. The lowest BCUT2D eigenvalue weighted by atomic mass is 9.93. The Hall–Kier alpha value is -7.82. The quantitative estimate of drug-likeness (QED) is 0.0346. The molecule has 22 heteroatoms. The van der Waals surface area contributed by atoms with Gasteiger partial charge in [-0.15, -0.1) is 16.9 Å². The maximum atomic E-state index is 14.9. The van der Waals surface area contributed by atoms with Crippen molar-refractivity contribution >= 4 is 59.3 Å². The highest BCUT2D eigenvalue weighted by atomic mass is 32.2. The number of thioether (sulfide) groups is 2. The van der Waals surface area contributed by atoms with E-state index in [2.05, 4.69) is 20.8 Å². The number of β-lactam (4-membered cyclic amide) rings is 1. The van der Waals surface area contributed by atoms with E-state index >= 15 is 0 Å². The van der Waals surface area contributed by atoms with Gasteiger partial charge in [0.05, 0.1) is 0 Å². The Morgan fingerprint density at radius 2 is 1.30 bits per heavy atom. The van der Waals surface area contributed by atoms with Crippen LogP contribution < -0.4 is 15.4 Å². The lowest BCUT2D eigenvalue weighted by Crippen LogP contribution is -2.81. The summed E-state index contributed by atoms with van der Waals surface area (Å²) in [5, 5.41) is 14.6. The molecule has 0 aliphatic carbocycles. The molecule has 3 atom stereocenters. The third-order valence-electron chi connectivity index (χ3n) is 11.2. The summed E-state index contributed by atoms with van der Waals surface area (Å²) in [4.78, 5) is 83.7. The minimum atomic E-state index is -5.37. The number of hydrogen-bond donors (Lipinski definition) is 2. The second-order valence-electron chi connectivity index (χ2n) is 15.7. The predicted molar refractivity (Wildman–Crippen MR) is 249 cm³/mol. The number of carbonyl (C=O) groups is 6. The number of carbonyl (C=O) groups excluding carboxylic acids is 6. The van der Waals surface area contributed by atoms with Crippen molar-refractivity contribution in [3.05, 3.63) is 185 Å². The number of aromatic nitrogens is 4. The molecule has 0 saturated carbocycles. The zero-order valence-electron chi connectivity index (χ0n) is 37.3. The van der Waals surface area contributed by atoms with E-state index in [0.29, 0.717) is 33.0 Å². The molecule has 2 aliphatic heterocycles. The molecule has 17 nitrogen and oxygen atoms in total. The van der Waals surface area contributed by atoms with Gasteiger partial charge < -0.3 is 24.3 Å². The van der Waals surface area contributed by atoms with Gasteiger partial charge in [0.25, 0.3) is 11.6 Å². The first kappa shape index (κ1) is 49.6. The van der Waals surface area contributed by atoms with Gasteiger partial charge in [-0.3, -0.25) is 29.4 Å². The fourth-order valence-corrected chi connectivity index (χ4v) is 10.2. The van der Waals surface area contributed by atoms with Crippen LogP contribution in [0, 0.1) is 0 Å². The van der Waals surface area contributed by atoms with Crippen molar-refractivity contribution in [1.82, 2.24) is 35.7 Å². The van der Waals surface area contributed by atoms with Gasteiger partial charge in [-0.25, -0.2) is 14.3 Å². The van der Waals surface area contributed by atoms with Gasteiger partial charge in [0.15, 0.2) is 18.1 Å². The minimum absolute atomic E-state index is 0.0766. The number of ether oxygens (including phenoxy) is 4. The van der Waals surface area contributed by atoms with E-state index in [1.165, 1.54) is 52.3 Å². The average molecular weight is 1010 g/mol. The van der Waals surface area contributed by atoms with Crippen molar-refractivity contribution in [2.75, 3.05) is 18.6 Å². The van der Waals surface area contributed by atoms with Gasteiger partial charge in [-0.1, -0.05) is 145 Å². The van der Waals surface area contributed by atoms with E-state index < -0.39 is 71.2 Å². The summed E-state index contributed by atoms with van der Waals surface area (Å²) in [7, 11) is 2.83. The molecular weight excluding hydrogens is 968 g/mol. The zero-order chi connectivity index (χ0) is 50.3. The number of esters is 2. The second-order valence-corrected chi connectivity index (χ2v) is 17.7. The standard InChI is InChI=1S/C49H40F3N7O10S2/c1-58-46(55-56-57-58)71-28-34-27-70-45-48(66-2,44(64)59(45)37(34)42(62)69-39(32-19-11-5-12-20-32)33-21-13-6-14-22-33)54-40(60)36(29-23-25-35(26-24-29)67-47(65)53-43(63)49(50,51)52)41(61)68-38(30-15-7-3-8-16-30)31-17-9-4-10-18-31/h3-26,36,38-39,45H,27-28H2,1-2H3,(H,54,60)(H,53,63,65)/t36?,45-,48-/m0/s1. The second kappa shape index (κ2) is 21.4. The molecule has 0 radical (unpaired) electrons. The molecule has 364 valence electrons. The van der Waals surface area contributed by atoms with Crippen LogP contribution in [0.5, 0.6) is 5.75 Å². The van der Waals surface area contributed by atoms with Crippen LogP contribution in [0.15, 0.2) is 162 Å². The van der Waals surface area contributed by atoms with E-state index in [1.54, 1.807) is 116 Å².